The second kappa shape index (κ2) is 5.44. The fourth-order valence-electron chi connectivity index (χ4n) is 2.56. The third kappa shape index (κ3) is 2.65. The molecule has 2 rings (SSSR count). The van der Waals surface area contributed by atoms with E-state index in [1.807, 2.05) is 13.0 Å². The summed E-state index contributed by atoms with van der Waals surface area (Å²) in [5.41, 5.74) is 3.12. The van der Waals surface area contributed by atoms with Crippen LogP contribution in [-0.4, -0.2) is 25.0 Å². The van der Waals surface area contributed by atoms with Gasteiger partial charge in [-0.3, -0.25) is 0 Å². The van der Waals surface area contributed by atoms with E-state index in [1.54, 1.807) is 0 Å². The van der Waals surface area contributed by atoms with Crippen LogP contribution in [0.4, 0.5) is 0 Å². The molecule has 0 amide bonds. The summed E-state index contributed by atoms with van der Waals surface area (Å²) in [4.78, 5) is 12.2. The van der Waals surface area contributed by atoms with Crippen LogP contribution in [0.1, 0.15) is 29.9 Å². The second-order valence-electron chi connectivity index (χ2n) is 6.00. The van der Waals surface area contributed by atoms with Crippen molar-refractivity contribution in [1.29, 1.82) is 0 Å². The van der Waals surface area contributed by atoms with Gasteiger partial charge >= 0.3 is 5.97 Å². The Morgan fingerprint density at radius 3 is 2.45 bits per heavy atom. The molecule has 0 bridgehead atoms. The van der Waals surface area contributed by atoms with E-state index in [1.165, 1.54) is 5.56 Å². The van der Waals surface area contributed by atoms with Crippen molar-refractivity contribution in [2.24, 2.45) is 0 Å². The first-order valence-electron chi connectivity index (χ1n) is 7.20. The van der Waals surface area contributed by atoms with Crippen LogP contribution in [0.25, 0.3) is 10.9 Å². The van der Waals surface area contributed by atoms with E-state index in [4.69, 9.17) is 4.74 Å². The molecule has 1 heterocycles. The van der Waals surface area contributed by atoms with Crippen molar-refractivity contribution in [3.8, 4) is 0 Å². The highest BCUT2D eigenvalue weighted by molar-refractivity contribution is 6.75. The van der Waals surface area contributed by atoms with E-state index in [9.17, 15) is 4.79 Å². The molecule has 0 spiro atoms. The largest absolute Gasteiger partial charge is 0.461 e. The summed E-state index contributed by atoms with van der Waals surface area (Å²) in [6.07, 6.45) is 1.00. The molecule has 1 aromatic carbocycles. The van der Waals surface area contributed by atoms with Crippen LogP contribution >= 0.6 is 0 Å². The number of nitrogens with zero attached hydrogens (tertiary/aromatic N) is 1. The van der Waals surface area contributed by atoms with Crippen LogP contribution < -0.4 is 0 Å². The van der Waals surface area contributed by atoms with Crippen molar-refractivity contribution in [3.05, 3.63) is 35.5 Å². The third-order valence-corrected chi connectivity index (χ3v) is 5.25. The van der Waals surface area contributed by atoms with Crippen LogP contribution in [0.3, 0.4) is 0 Å². The predicted octanol–water partition coefficient (Wildman–Crippen LogP) is 4.06. The van der Waals surface area contributed by atoms with Gasteiger partial charge in [0.1, 0.15) is 5.69 Å². The number of fused-ring (bicyclic) bond motifs is 1. The zero-order valence-corrected chi connectivity index (χ0v) is 14.0. The molecule has 1 aromatic heterocycles. The van der Waals surface area contributed by atoms with E-state index >= 15 is 0 Å². The van der Waals surface area contributed by atoms with Gasteiger partial charge in [0.2, 0.25) is 0 Å². The first kappa shape index (κ1) is 14.8. The van der Waals surface area contributed by atoms with Gasteiger partial charge in [-0.1, -0.05) is 32.6 Å². The Balaban J connectivity index is 2.69. The number of hydrogen-bond acceptors (Lipinski definition) is 2. The quantitative estimate of drug-likeness (QED) is 0.628. The highest BCUT2D eigenvalue weighted by Crippen LogP contribution is 2.26. The minimum atomic E-state index is -1.69. The highest BCUT2D eigenvalue weighted by Gasteiger charge is 2.26. The maximum absolute atomic E-state index is 12.2. The number of aromatic nitrogens is 1. The lowest BCUT2D eigenvalue weighted by Gasteiger charge is -2.23. The topological polar surface area (TPSA) is 31.2 Å². The number of ether oxygens (including phenoxy) is 1. The normalized spacial score (nSPS) is 11.8. The smallest absolute Gasteiger partial charge is 0.354 e. The summed E-state index contributed by atoms with van der Waals surface area (Å²) in [5, 5.41) is 1.13. The molecule has 0 N–H and O–H groups in total. The Morgan fingerprint density at radius 1 is 1.20 bits per heavy atom. The SMILES string of the molecule is CCOC(=O)c1cc2cc(CC)ccc2n1[Si](C)(C)C. The number of benzene rings is 1. The van der Waals surface area contributed by atoms with Crippen LogP contribution in [0.15, 0.2) is 24.3 Å². The third-order valence-electron chi connectivity index (χ3n) is 3.43. The Labute approximate surface area is 121 Å². The van der Waals surface area contributed by atoms with Gasteiger partial charge in [-0.05, 0) is 42.5 Å². The average molecular weight is 289 g/mol. The Bertz CT molecular complexity index is 638. The Kier molecular flexibility index (Phi) is 4.04. The van der Waals surface area contributed by atoms with Gasteiger partial charge in [0.25, 0.3) is 0 Å². The summed E-state index contributed by atoms with van der Waals surface area (Å²) in [6, 6.07) is 8.43. The summed E-state index contributed by atoms with van der Waals surface area (Å²) in [5.74, 6) is -0.218. The maximum atomic E-state index is 12.2. The highest BCUT2D eigenvalue weighted by atomic mass is 28.3. The zero-order valence-electron chi connectivity index (χ0n) is 13.0. The Morgan fingerprint density at radius 2 is 1.90 bits per heavy atom. The van der Waals surface area contributed by atoms with Crippen LogP contribution in [0.2, 0.25) is 19.6 Å². The first-order chi connectivity index (χ1) is 9.38. The van der Waals surface area contributed by atoms with E-state index in [-0.39, 0.29) is 5.97 Å². The molecule has 0 aliphatic rings. The second-order valence-corrected chi connectivity index (χ2v) is 10.8. The van der Waals surface area contributed by atoms with E-state index < -0.39 is 8.24 Å². The monoisotopic (exact) mass is 289 g/mol. The number of rotatable bonds is 4. The predicted molar refractivity (Wildman–Crippen MR) is 86.0 cm³/mol. The number of aryl methyl sites for hydroxylation is 1. The molecule has 108 valence electrons. The van der Waals surface area contributed by atoms with Gasteiger partial charge in [0.05, 0.1) is 6.61 Å². The minimum Gasteiger partial charge on any atom is -0.461 e. The molecule has 3 nitrogen and oxygen atoms in total. The number of esters is 1. The van der Waals surface area contributed by atoms with E-state index in [0.29, 0.717) is 12.3 Å². The van der Waals surface area contributed by atoms with Crippen LogP contribution in [-0.2, 0) is 11.2 Å². The molecule has 0 unspecified atom stereocenters. The zero-order chi connectivity index (χ0) is 14.9. The van der Waals surface area contributed by atoms with Crippen molar-refractivity contribution in [2.75, 3.05) is 6.61 Å². The molecule has 0 saturated carbocycles. The Hall–Kier alpha value is -1.55. The lowest BCUT2D eigenvalue weighted by atomic mass is 10.1. The maximum Gasteiger partial charge on any atom is 0.354 e. The molecule has 2 aromatic rings. The average Bonchev–Trinajstić information content (AvgIpc) is 2.76. The van der Waals surface area contributed by atoms with Crippen LogP contribution in [0.5, 0.6) is 0 Å². The molecule has 0 fully saturated rings. The molecular weight excluding hydrogens is 266 g/mol. The van der Waals surface area contributed by atoms with E-state index in [0.717, 1.165) is 17.3 Å². The standard InChI is InChI=1S/C16H23NO2Si/c1-6-12-8-9-14-13(10-12)11-15(16(18)19-7-2)17(14)20(3,4)5/h8-11H,6-7H2,1-5H3. The lowest BCUT2D eigenvalue weighted by Crippen LogP contribution is -2.34. The number of carbonyl (C=O) groups excluding carboxylic acids is 1. The molecule has 0 atom stereocenters. The fourth-order valence-corrected chi connectivity index (χ4v) is 4.37. The summed E-state index contributed by atoms with van der Waals surface area (Å²) in [6.45, 7) is 11.1. The summed E-state index contributed by atoms with van der Waals surface area (Å²) >= 11 is 0. The van der Waals surface area contributed by atoms with Crippen molar-refractivity contribution in [3.63, 3.8) is 0 Å². The van der Waals surface area contributed by atoms with Crippen molar-refractivity contribution < 1.29 is 9.53 Å². The van der Waals surface area contributed by atoms with Gasteiger partial charge in [-0.15, -0.1) is 0 Å². The van der Waals surface area contributed by atoms with Crippen LogP contribution in [0, 0.1) is 0 Å². The van der Waals surface area contributed by atoms with Gasteiger partial charge in [0.15, 0.2) is 8.24 Å². The molecule has 0 aliphatic heterocycles. The lowest BCUT2D eigenvalue weighted by molar-refractivity contribution is 0.0518. The number of carbonyl (C=O) groups is 1. The van der Waals surface area contributed by atoms with Gasteiger partial charge in [0, 0.05) is 5.52 Å². The van der Waals surface area contributed by atoms with Crippen molar-refractivity contribution >= 4 is 25.1 Å². The summed E-state index contributed by atoms with van der Waals surface area (Å²) < 4.78 is 7.42. The van der Waals surface area contributed by atoms with E-state index in [2.05, 4.69) is 49.0 Å². The summed E-state index contributed by atoms with van der Waals surface area (Å²) in [7, 11) is -1.69. The molecule has 4 heteroatoms. The molecule has 0 radical (unpaired) electrons. The molecule has 20 heavy (non-hydrogen) atoms. The fraction of sp³-hybridized carbons (Fsp3) is 0.438. The molecule has 0 aliphatic carbocycles. The van der Waals surface area contributed by atoms with Crippen molar-refractivity contribution in [2.45, 2.75) is 39.9 Å². The van der Waals surface area contributed by atoms with Gasteiger partial charge in [-0.25, -0.2) is 4.79 Å². The first-order valence-corrected chi connectivity index (χ1v) is 10.6. The van der Waals surface area contributed by atoms with Gasteiger partial charge in [-0.2, -0.15) is 0 Å². The molecule has 0 saturated heterocycles. The minimum absolute atomic E-state index is 0.218. The molecular formula is C16H23NO2Si. The number of hydrogen-bond donors (Lipinski definition) is 0. The van der Waals surface area contributed by atoms with Gasteiger partial charge < -0.3 is 8.97 Å². The van der Waals surface area contributed by atoms with Crippen molar-refractivity contribution in [1.82, 2.24) is 4.23 Å².